The smallest absolute Gasteiger partial charge is 0.138 e. The standard InChI is InChI=1S/C27H21F3O/c1-3-4-5-17-6-12-22-19(14-17)9-13-23(27(22)30)20-15-24(28)26(25(29)16-20)18-7-10-21(31-2)11-8-18/h3,6-16H,1,4-5H2,2H3. The molecular weight excluding hydrogens is 397 g/mol. The van der Waals surface area contributed by atoms with Crippen LogP contribution in [0.5, 0.6) is 5.75 Å². The monoisotopic (exact) mass is 418 g/mol. The fourth-order valence-corrected chi connectivity index (χ4v) is 3.75. The SMILES string of the molecule is C=CCCc1ccc2c(F)c(-c3cc(F)c(-c4ccc(OC)cc4)c(F)c3)ccc2c1. The summed E-state index contributed by atoms with van der Waals surface area (Å²) in [6.45, 7) is 3.72. The lowest BCUT2D eigenvalue weighted by atomic mass is 9.95. The van der Waals surface area contributed by atoms with E-state index in [9.17, 15) is 8.78 Å². The molecule has 0 saturated carbocycles. The highest BCUT2D eigenvalue weighted by Gasteiger charge is 2.17. The first-order chi connectivity index (χ1) is 15.0. The molecule has 0 amide bonds. The molecule has 0 aliphatic heterocycles. The van der Waals surface area contributed by atoms with Crippen molar-refractivity contribution in [3.63, 3.8) is 0 Å². The van der Waals surface area contributed by atoms with Gasteiger partial charge in [0.05, 0.1) is 12.7 Å². The number of ether oxygens (including phenoxy) is 1. The molecule has 0 atom stereocenters. The first-order valence-corrected chi connectivity index (χ1v) is 9.97. The highest BCUT2D eigenvalue weighted by Crippen LogP contribution is 2.35. The Kier molecular flexibility index (Phi) is 5.81. The van der Waals surface area contributed by atoms with Crippen molar-refractivity contribution < 1.29 is 17.9 Å². The first kappa shape index (κ1) is 20.7. The van der Waals surface area contributed by atoms with Crippen molar-refractivity contribution in [1.82, 2.24) is 0 Å². The van der Waals surface area contributed by atoms with Crippen LogP contribution in [0.15, 0.2) is 79.4 Å². The first-order valence-electron chi connectivity index (χ1n) is 9.97. The Labute approximate surface area is 179 Å². The van der Waals surface area contributed by atoms with E-state index >= 15 is 4.39 Å². The van der Waals surface area contributed by atoms with Gasteiger partial charge in [-0.25, -0.2) is 13.2 Å². The Morgan fingerprint density at radius 2 is 1.55 bits per heavy atom. The third-order valence-electron chi connectivity index (χ3n) is 5.39. The lowest BCUT2D eigenvalue weighted by molar-refractivity contribution is 0.415. The van der Waals surface area contributed by atoms with E-state index in [0.29, 0.717) is 16.7 Å². The molecule has 4 heteroatoms. The van der Waals surface area contributed by atoms with Gasteiger partial charge in [-0.3, -0.25) is 0 Å². The average molecular weight is 418 g/mol. The van der Waals surface area contributed by atoms with Crippen LogP contribution in [0.25, 0.3) is 33.0 Å². The molecule has 0 saturated heterocycles. The van der Waals surface area contributed by atoms with E-state index < -0.39 is 17.5 Å². The van der Waals surface area contributed by atoms with Gasteiger partial charge < -0.3 is 4.74 Å². The van der Waals surface area contributed by atoms with Crippen LogP contribution < -0.4 is 4.74 Å². The molecule has 0 spiro atoms. The second-order valence-corrected chi connectivity index (χ2v) is 7.35. The summed E-state index contributed by atoms with van der Waals surface area (Å²) in [5.74, 6) is -1.41. The highest BCUT2D eigenvalue weighted by molar-refractivity contribution is 5.89. The summed E-state index contributed by atoms with van der Waals surface area (Å²) in [5.41, 5.74) is 1.63. The molecule has 4 aromatic rings. The maximum absolute atomic E-state index is 15.2. The van der Waals surface area contributed by atoms with E-state index in [4.69, 9.17) is 4.74 Å². The summed E-state index contributed by atoms with van der Waals surface area (Å²) in [4.78, 5) is 0. The molecule has 4 aromatic carbocycles. The zero-order valence-electron chi connectivity index (χ0n) is 17.1. The number of allylic oxidation sites excluding steroid dienone is 1. The van der Waals surface area contributed by atoms with E-state index in [1.54, 1.807) is 42.5 Å². The molecule has 0 fully saturated rings. The summed E-state index contributed by atoms with van der Waals surface area (Å²) in [7, 11) is 1.52. The van der Waals surface area contributed by atoms with Crippen LogP contribution in [0.2, 0.25) is 0 Å². The number of methoxy groups -OCH3 is 1. The van der Waals surface area contributed by atoms with Crippen molar-refractivity contribution in [3.05, 3.63) is 102 Å². The molecule has 0 aliphatic rings. The topological polar surface area (TPSA) is 9.23 Å². The lowest BCUT2D eigenvalue weighted by Crippen LogP contribution is -1.95. The van der Waals surface area contributed by atoms with Gasteiger partial charge in [0.2, 0.25) is 0 Å². The van der Waals surface area contributed by atoms with Crippen LogP contribution >= 0.6 is 0 Å². The number of rotatable bonds is 6. The molecule has 0 bridgehead atoms. The van der Waals surface area contributed by atoms with Gasteiger partial charge in [-0.05, 0) is 59.2 Å². The summed E-state index contributed by atoms with van der Waals surface area (Å²) in [6, 6.07) is 17.6. The second kappa shape index (κ2) is 8.68. The van der Waals surface area contributed by atoms with Gasteiger partial charge in [-0.2, -0.15) is 0 Å². The Hall–Kier alpha value is -3.53. The Balaban J connectivity index is 1.75. The minimum atomic E-state index is -0.751. The van der Waals surface area contributed by atoms with E-state index in [0.717, 1.165) is 23.8 Å². The molecule has 0 aromatic heterocycles. The van der Waals surface area contributed by atoms with E-state index in [-0.39, 0.29) is 16.7 Å². The van der Waals surface area contributed by atoms with Crippen LogP contribution in [-0.2, 0) is 6.42 Å². The summed E-state index contributed by atoms with van der Waals surface area (Å²) >= 11 is 0. The molecule has 0 unspecified atom stereocenters. The number of halogens is 3. The molecule has 4 rings (SSSR count). The van der Waals surface area contributed by atoms with Crippen LogP contribution in [0, 0.1) is 17.5 Å². The van der Waals surface area contributed by atoms with Gasteiger partial charge in [0, 0.05) is 10.9 Å². The highest BCUT2D eigenvalue weighted by atomic mass is 19.1. The number of hydrogen-bond donors (Lipinski definition) is 0. The quantitative estimate of drug-likeness (QED) is 0.291. The fraction of sp³-hybridized carbons (Fsp3) is 0.111. The van der Waals surface area contributed by atoms with Crippen molar-refractivity contribution in [2.24, 2.45) is 0 Å². The predicted octanol–water partition coefficient (Wildman–Crippen LogP) is 7.72. The number of benzene rings is 4. The minimum absolute atomic E-state index is 0.153. The van der Waals surface area contributed by atoms with Crippen LogP contribution in [0.3, 0.4) is 0 Å². The number of fused-ring (bicyclic) bond motifs is 1. The Morgan fingerprint density at radius 3 is 2.19 bits per heavy atom. The predicted molar refractivity (Wildman–Crippen MR) is 120 cm³/mol. The van der Waals surface area contributed by atoms with Crippen molar-refractivity contribution in [1.29, 1.82) is 0 Å². The average Bonchev–Trinajstić information content (AvgIpc) is 2.77. The van der Waals surface area contributed by atoms with Crippen molar-refractivity contribution in [2.75, 3.05) is 7.11 Å². The maximum atomic E-state index is 15.2. The van der Waals surface area contributed by atoms with Crippen molar-refractivity contribution >= 4 is 10.8 Å². The molecule has 156 valence electrons. The van der Waals surface area contributed by atoms with Crippen molar-refractivity contribution in [3.8, 4) is 28.0 Å². The summed E-state index contributed by atoms with van der Waals surface area (Å²) in [5, 5.41) is 1.17. The van der Waals surface area contributed by atoms with Crippen LogP contribution in [0.4, 0.5) is 13.2 Å². The van der Waals surface area contributed by atoms with Gasteiger partial charge >= 0.3 is 0 Å². The van der Waals surface area contributed by atoms with Gasteiger partial charge in [-0.1, -0.05) is 48.5 Å². The van der Waals surface area contributed by atoms with Crippen LogP contribution in [-0.4, -0.2) is 7.11 Å². The Bertz CT molecular complexity index is 1240. The van der Waals surface area contributed by atoms with E-state index in [2.05, 4.69) is 6.58 Å². The second-order valence-electron chi connectivity index (χ2n) is 7.35. The molecular formula is C27H21F3O. The van der Waals surface area contributed by atoms with Gasteiger partial charge in [0.1, 0.15) is 23.2 Å². The third kappa shape index (κ3) is 4.06. The molecule has 0 radical (unpaired) electrons. The normalized spacial score (nSPS) is 11.0. The molecule has 31 heavy (non-hydrogen) atoms. The van der Waals surface area contributed by atoms with Gasteiger partial charge in [-0.15, -0.1) is 6.58 Å². The summed E-state index contributed by atoms with van der Waals surface area (Å²) < 4.78 is 50.1. The van der Waals surface area contributed by atoms with E-state index in [1.165, 1.54) is 19.2 Å². The largest absolute Gasteiger partial charge is 0.497 e. The van der Waals surface area contributed by atoms with Crippen molar-refractivity contribution in [2.45, 2.75) is 12.8 Å². The molecule has 0 aliphatic carbocycles. The zero-order valence-corrected chi connectivity index (χ0v) is 17.1. The summed E-state index contributed by atoms with van der Waals surface area (Å²) in [6.07, 6.45) is 3.50. The molecule has 1 nitrogen and oxygen atoms in total. The molecule has 0 heterocycles. The van der Waals surface area contributed by atoms with Gasteiger partial charge in [0.25, 0.3) is 0 Å². The number of aryl methyl sites for hydroxylation is 1. The van der Waals surface area contributed by atoms with Gasteiger partial charge in [0.15, 0.2) is 0 Å². The third-order valence-corrected chi connectivity index (χ3v) is 5.39. The Morgan fingerprint density at radius 1 is 0.839 bits per heavy atom. The zero-order chi connectivity index (χ0) is 22.0. The molecule has 0 N–H and O–H groups in total. The lowest BCUT2D eigenvalue weighted by Gasteiger charge is -2.12. The number of hydrogen-bond acceptors (Lipinski definition) is 1. The maximum Gasteiger partial charge on any atom is 0.138 e. The minimum Gasteiger partial charge on any atom is -0.497 e. The van der Waals surface area contributed by atoms with E-state index in [1.807, 2.05) is 18.2 Å². The fourth-order valence-electron chi connectivity index (χ4n) is 3.75. The van der Waals surface area contributed by atoms with Crippen LogP contribution in [0.1, 0.15) is 12.0 Å².